The van der Waals surface area contributed by atoms with Crippen LogP contribution in [0.25, 0.3) is 0 Å². The standard InChI is InChI=1S/C15H24N2O/c1-11-8-12(2)10-13(9-11)17(7-6-16)14(18)15(3,4)5/h8-10H,6-7,16H2,1-5H3. The molecule has 1 aromatic carbocycles. The summed E-state index contributed by atoms with van der Waals surface area (Å²) in [5.74, 6) is 0.109. The number of carbonyl (C=O) groups excluding carboxylic acids is 1. The van der Waals surface area contributed by atoms with Gasteiger partial charge >= 0.3 is 0 Å². The van der Waals surface area contributed by atoms with Crippen LogP contribution in [0.3, 0.4) is 0 Å². The van der Waals surface area contributed by atoms with Gasteiger partial charge in [0.1, 0.15) is 0 Å². The van der Waals surface area contributed by atoms with Gasteiger partial charge in [-0.05, 0) is 37.1 Å². The average molecular weight is 248 g/mol. The molecule has 100 valence electrons. The first-order valence-electron chi connectivity index (χ1n) is 6.36. The Bertz CT molecular complexity index is 412. The Hall–Kier alpha value is -1.35. The van der Waals surface area contributed by atoms with Gasteiger partial charge < -0.3 is 10.6 Å². The van der Waals surface area contributed by atoms with Crippen molar-refractivity contribution in [1.82, 2.24) is 0 Å². The highest BCUT2D eigenvalue weighted by Crippen LogP contribution is 2.24. The Morgan fingerprint density at radius 2 is 1.67 bits per heavy atom. The molecule has 0 aromatic heterocycles. The van der Waals surface area contributed by atoms with Crippen molar-refractivity contribution in [3.63, 3.8) is 0 Å². The smallest absolute Gasteiger partial charge is 0.232 e. The first-order chi connectivity index (χ1) is 8.25. The predicted octanol–water partition coefficient (Wildman–Crippen LogP) is 2.64. The van der Waals surface area contributed by atoms with Crippen molar-refractivity contribution in [2.24, 2.45) is 11.1 Å². The number of amides is 1. The molecule has 0 aliphatic heterocycles. The number of rotatable bonds is 3. The van der Waals surface area contributed by atoms with Crippen LogP contribution in [-0.4, -0.2) is 19.0 Å². The molecule has 0 spiro atoms. The highest BCUT2D eigenvalue weighted by atomic mass is 16.2. The van der Waals surface area contributed by atoms with Crippen LogP contribution in [0.1, 0.15) is 31.9 Å². The Morgan fingerprint density at radius 3 is 2.06 bits per heavy atom. The van der Waals surface area contributed by atoms with Crippen LogP contribution >= 0.6 is 0 Å². The number of hydrogen-bond donors (Lipinski definition) is 1. The number of hydrogen-bond acceptors (Lipinski definition) is 2. The van der Waals surface area contributed by atoms with Crippen LogP contribution in [0.5, 0.6) is 0 Å². The van der Waals surface area contributed by atoms with E-state index in [1.54, 1.807) is 4.90 Å². The summed E-state index contributed by atoms with van der Waals surface area (Å²) in [6.07, 6.45) is 0. The van der Waals surface area contributed by atoms with Gasteiger partial charge in [0.05, 0.1) is 0 Å². The van der Waals surface area contributed by atoms with E-state index in [1.807, 2.05) is 46.8 Å². The fourth-order valence-corrected chi connectivity index (χ4v) is 1.99. The molecule has 1 rings (SSSR count). The molecule has 1 aromatic rings. The lowest BCUT2D eigenvalue weighted by Crippen LogP contribution is -2.42. The molecule has 1 amide bonds. The lowest BCUT2D eigenvalue weighted by Gasteiger charge is -2.29. The largest absolute Gasteiger partial charge is 0.329 e. The summed E-state index contributed by atoms with van der Waals surface area (Å²) in [5, 5.41) is 0. The van der Waals surface area contributed by atoms with Crippen molar-refractivity contribution < 1.29 is 4.79 Å². The van der Waals surface area contributed by atoms with E-state index in [0.29, 0.717) is 13.1 Å². The minimum atomic E-state index is -0.396. The van der Waals surface area contributed by atoms with Crippen molar-refractivity contribution >= 4 is 11.6 Å². The Labute approximate surface area is 110 Å². The maximum atomic E-state index is 12.4. The Balaban J connectivity index is 3.15. The van der Waals surface area contributed by atoms with Crippen molar-refractivity contribution in [2.45, 2.75) is 34.6 Å². The van der Waals surface area contributed by atoms with E-state index >= 15 is 0 Å². The van der Waals surface area contributed by atoms with Crippen LogP contribution in [0.15, 0.2) is 18.2 Å². The van der Waals surface area contributed by atoms with E-state index in [-0.39, 0.29) is 5.91 Å². The van der Waals surface area contributed by atoms with Gasteiger partial charge in [0, 0.05) is 24.2 Å². The van der Waals surface area contributed by atoms with Gasteiger partial charge in [0.25, 0.3) is 0 Å². The van der Waals surface area contributed by atoms with Crippen molar-refractivity contribution in [2.75, 3.05) is 18.0 Å². The van der Waals surface area contributed by atoms with Gasteiger partial charge in [0.2, 0.25) is 5.91 Å². The monoisotopic (exact) mass is 248 g/mol. The quantitative estimate of drug-likeness (QED) is 0.894. The van der Waals surface area contributed by atoms with E-state index in [4.69, 9.17) is 5.73 Å². The zero-order chi connectivity index (χ0) is 13.9. The topological polar surface area (TPSA) is 46.3 Å². The second-order valence-corrected chi connectivity index (χ2v) is 5.84. The molecule has 2 N–H and O–H groups in total. The molecule has 0 fully saturated rings. The zero-order valence-corrected chi connectivity index (χ0v) is 12.1. The van der Waals surface area contributed by atoms with E-state index in [9.17, 15) is 4.79 Å². The van der Waals surface area contributed by atoms with Crippen LogP contribution in [0, 0.1) is 19.3 Å². The third-order valence-electron chi connectivity index (χ3n) is 2.76. The third-order valence-corrected chi connectivity index (χ3v) is 2.76. The first kappa shape index (κ1) is 14.7. The first-order valence-corrected chi connectivity index (χ1v) is 6.36. The Morgan fingerprint density at radius 1 is 1.17 bits per heavy atom. The normalized spacial score (nSPS) is 11.4. The lowest BCUT2D eigenvalue weighted by atomic mass is 9.94. The fraction of sp³-hybridized carbons (Fsp3) is 0.533. The van der Waals surface area contributed by atoms with E-state index in [2.05, 4.69) is 6.07 Å². The second kappa shape index (κ2) is 5.53. The summed E-state index contributed by atoms with van der Waals surface area (Å²) in [5.41, 5.74) is 8.50. The summed E-state index contributed by atoms with van der Waals surface area (Å²) in [6.45, 7) is 10.9. The number of nitrogens with two attached hydrogens (primary N) is 1. The molecule has 0 bridgehead atoms. The highest BCUT2D eigenvalue weighted by Gasteiger charge is 2.27. The van der Waals surface area contributed by atoms with Gasteiger partial charge in [-0.2, -0.15) is 0 Å². The van der Waals surface area contributed by atoms with Gasteiger partial charge in [-0.25, -0.2) is 0 Å². The maximum Gasteiger partial charge on any atom is 0.232 e. The van der Waals surface area contributed by atoms with Crippen molar-refractivity contribution in [1.29, 1.82) is 0 Å². The minimum absolute atomic E-state index is 0.109. The fourth-order valence-electron chi connectivity index (χ4n) is 1.99. The molecule has 0 heterocycles. The molecule has 0 radical (unpaired) electrons. The van der Waals surface area contributed by atoms with Gasteiger partial charge in [-0.3, -0.25) is 4.79 Å². The van der Waals surface area contributed by atoms with E-state index in [1.165, 1.54) is 0 Å². The van der Waals surface area contributed by atoms with Gasteiger partial charge in [-0.15, -0.1) is 0 Å². The molecular formula is C15H24N2O. The SMILES string of the molecule is Cc1cc(C)cc(N(CCN)C(=O)C(C)(C)C)c1. The average Bonchev–Trinajstić information content (AvgIpc) is 2.22. The van der Waals surface area contributed by atoms with Crippen molar-refractivity contribution in [3.8, 4) is 0 Å². The number of aryl methyl sites for hydroxylation is 2. The summed E-state index contributed by atoms with van der Waals surface area (Å²) >= 11 is 0. The third kappa shape index (κ3) is 3.57. The molecule has 3 nitrogen and oxygen atoms in total. The Kier molecular flexibility index (Phi) is 4.52. The molecule has 0 saturated carbocycles. The summed E-state index contributed by atoms with van der Waals surface area (Å²) < 4.78 is 0. The van der Waals surface area contributed by atoms with Crippen LogP contribution < -0.4 is 10.6 Å². The van der Waals surface area contributed by atoms with Gasteiger partial charge in [-0.1, -0.05) is 26.8 Å². The summed E-state index contributed by atoms with van der Waals surface area (Å²) in [7, 11) is 0. The molecule has 0 unspecified atom stereocenters. The minimum Gasteiger partial charge on any atom is -0.329 e. The van der Waals surface area contributed by atoms with Crippen molar-refractivity contribution in [3.05, 3.63) is 29.3 Å². The number of benzene rings is 1. The molecule has 3 heteroatoms. The maximum absolute atomic E-state index is 12.4. The zero-order valence-electron chi connectivity index (χ0n) is 12.1. The molecule has 0 aliphatic rings. The van der Waals surface area contributed by atoms with Crippen LogP contribution in [0.2, 0.25) is 0 Å². The molecule has 0 aliphatic carbocycles. The summed E-state index contributed by atoms with van der Waals surface area (Å²) in [4.78, 5) is 14.2. The summed E-state index contributed by atoms with van der Waals surface area (Å²) in [6, 6.07) is 6.17. The number of carbonyl (C=O) groups is 1. The number of nitrogens with zero attached hydrogens (tertiary/aromatic N) is 1. The molecule has 18 heavy (non-hydrogen) atoms. The molecular weight excluding hydrogens is 224 g/mol. The van der Waals surface area contributed by atoms with Gasteiger partial charge in [0.15, 0.2) is 0 Å². The highest BCUT2D eigenvalue weighted by molar-refractivity contribution is 5.97. The van der Waals surface area contributed by atoms with E-state index in [0.717, 1.165) is 16.8 Å². The second-order valence-electron chi connectivity index (χ2n) is 5.84. The lowest BCUT2D eigenvalue weighted by molar-refractivity contribution is -0.125. The predicted molar refractivity (Wildman–Crippen MR) is 76.8 cm³/mol. The molecule has 0 atom stereocenters. The van der Waals surface area contributed by atoms with E-state index < -0.39 is 5.41 Å². The van der Waals surface area contributed by atoms with Crippen LogP contribution in [-0.2, 0) is 4.79 Å². The van der Waals surface area contributed by atoms with Crippen LogP contribution in [0.4, 0.5) is 5.69 Å². The number of anilines is 1. The molecule has 0 saturated heterocycles.